The number of nitrogens with zero attached hydrogens (tertiary/aromatic N) is 4. The van der Waals surface area contributed by atoms with E-state index in [2.05, 4.69) is 19.9 Å². The van der Waals surface area contributed by atoms with E-state index in [1.54, 1.807) is 13.3 Å². The summed E-state index contributed by atoms with van der Waals surface area (Å²) in [7, 11) is 1.54. The maximum atomic E-state index is 5.34. The number of halogens is 1. The predicted molar refractivity (Wildman–Crippen MR) is 46.8 cm³/mol. The van der Waals surface area contributed by atoms with E-state index in [-0.39, 0.29) is 0 Å². The van der Waals surface area contributed by atoms with Gasteiger partial charge in [-0.05, 0) is 0 Å². The first kappa shape index (κ1) is 8.06. The molecule has 0 aliphatic carbocycles. The van der Waals surface area contributed by atoms with Crippen molar-refractivity contribution in [2.24, 2.45) is 0 Å². The molecule has 0 saturated carbocycles. The Hall–Kier alpha value is -1.56. The first-order valence-electron chi connectivity index (χ1n) is 3.46. The van der Waals surface area contributed by atoms with Gasteiger partial charge in [0.05, 0.1) is 13.3 Å². The molecule has 0 fully saturated rings. The quantitative estimate of drug-likeness (QED) is 0.722. The summed E-state index contributed by atoms with van der Waals surface area (Å²) in [5, 5.41) is 3.96. The van der Waals surface area contributed by atoms with Crippen LogP contribution in [-0.2, 0) is 0 Å². The van der Waals surface area contributed by atoms with Crippen LogP contribution < -0.4 is 9.57 Å². The second-order valence-corrected chi connectivity index (χ2v) is 2.45. The van der Waals surface area contributed by atoms with Gasteiger partial charge in [-0.1, -0.05) is 0 Å². The lowest BCUT2D eigenvalue weighted by atomic mass is 10.6. The van der Waals surface area contributed by atoms with Gasteiger partial charge < -0.3 is 4.74 Å². The smallest absolute Gasteiger partial charge is 0.257 e. The van der Waals surface area contributed by atoms with Gasteiger partial charge in [-0.25, -0.2) is 4.98 Å². The van der Waals surface area contributed by atoms with Crippen molar-refractivity contribution in [3.8, 4) is 5.75 Å². The van der Waals surface area contributed by atoms with Gasteiger partial charge in [0.1, 0.15) is 6.33 Å². The van der Waals surface area contributed by atoms with E-state index >= 15 is 0 Å². The lowest BCUT2D eigenvalue weighted by Crippen LogP contribution is -1.93. The van der Waals surface area contributed by atoms with Crippen LogP contribution >= 0.6 is 11.8 Å². The van der Waals surface area contributed by atoms with Gasteiger partial charge in [0, 0.05) is 11.8 Å². The van der Waals surface area contributed by atoms with Crippen LogP contribution in [-0.4, -0.2) is 26.7 Å². The number of anilines is 1. The number of fused-ring (bicyclic) bond motifs is 1. The summed E-state index contributed by atoms with van der Waals surface area (Å²) < 4.78 is 6.50. The van der Waals surface area contributed by atoms with E-state index in [9.17, 15) is 0 Å². The zero-order chi connectivity index (χ0) is 9.26. The van der Waals surface area contributed by atoms with Gasteiger partial charge in [-0.2, -0.15) is 9.50 Å². The first-order chi connectivity index (χ1) is 6.35. The number of hydrogen-bond donors (Lipinski definition) is 1. The molecular weight excluding hydrogens is 194 g/mol. The van der Waals surface area contributed by atoms with E-state index in [0.29, 0.717) is 17.3 Å². The molecule has 7 heteroatoms. The summed E-state index contributed by atoms with van der Waals surface area (Å²) in [4.78, 5) is 10.3. The Bertz CT molecular complexity index is 428. The molecule has 2 aromatic heterocycles. The highest BCUT2D eigenvalue weighted by Crippen LogP contribution is 2.16. The third-order valence-electron chi connectivity index (χ3n) is 1.52. The van der Waals surface area contributed by atoms with E-state index in [0.717, 1.165) is 0 Å². The van der Waals surface area contributed by atoms with Crippen LogP contribution in [0.2, 0.25) is 0 Å². The average molecular weight is 200 g/mol. The van der Waals surface area contributed by atoms with E-state index in [1.165, 1.54) is 10.8 Å². The molecule has 13 heavy (non-hydrogen) atoms. The monoisotopic (exact) mass is 199 g/mol. The third kappa shape index (κ3) is 1.25. The Morgan fingerprint density at radius 3 is 3.15 bits per heavy atom. The average Bonchev–Trinajstić information content (AvgIpc) is 2.59. The highest BCUT2D eigenvalue weighted by atomic mass is 35.5. The van der Waals surface area contributed by atoms with Crippen LogP contribution in [0.1, 0.15) is 0 Å². The lowest BCUT2D eigenvalue weighted by molar-refractivity contribution is 0.414. The molecule has 0 atom stereocenters. The van der Waals surface area contributed by atoms with Gasteiger partial charge >= 0.3 is 0 Å². The van der Waals surface area contributed by atoms with Gasteiger partial charge in [0.25, 0.3) is 5.95 Å². The summed E-state index contributed by atoms with van der Waals surface area (Å²) >= 11 is 5.34. The maximum Gasteiger partial charge on any atom is 0.257 e. The number of aromatic nitrogens is 4. The SMILES string of the molecule is COc1cncn2nc(NCl)nc12. The minimum absolute atomic E-state index is 0.313. The van der Waals surface area contributed by atoms with Crippen molar-refractivity contribution in [2.45, 2.75) is 0 Å². The van der Waals surface area contributed by atoms with Crippen molar-refractivity contribution < 1.29 is 4.74 Å². The minimum Gasteiger partial charge on any atom is -0.491 e. The Balaban J connectivity index is 2.67. The second-order valence-electron chi connectivity index (χ2n) is 2.26. The Kier molecular flexibility index (Phi) is 1.90. The molecule has 0 bridgehead atoms. The summed E-state index contributed by atoms with van der Waals surface area (Å²) in [5.41, 5.74) is 0.570. The van der Waals surface area contributed by atoms with Crippen LogP contribution in [0.3, 0.4) is 0 Å². The molecule has 0 aliphatic heterocycles. The summed E-state index contributed by atoms with van der Waals surface area (Å²) in [6.07, 6.45) is 3.07. The molecule has 0 amide bonds. The highest BCUT2D eigenvalue weighted by molar-refractivity contribution is 6.23. The number of ether oxygens (including phenoxy) is 1. The lowest BCUT2D eigenvalue weighted by Gasteiger charge is -1.97. The van der Waals surface area contributed by atoms with Crippen molar-refractivity contribution in [1.29, 1.82) is 0 Å². The largest absolute Gasteiger partial charge is 0.491 e. The molecule has 2 heterocycles. The zero-order valence-corrected chi connectivity index (χ0v) is 7.49. The van der Waals surface area contributed by atoms with Crippen molar-refractivity contribution >= 4 is 23.4 Å². The second kappa shape index (κ2) is 3.06. The van der Waals surface area contributed by atoms with Gasteiger partial charge in [0.15, 0.2) is 5.75 Å². The van der Waals surface area contributed by atoms with E-state index < -0.39 is 0 Å². The van der Waals surface area contributed by atoms with Crippen molar-refractivity contribution in [3.05, 3.63) is 12.5 Å². The highest BCUT2D eigenvalue weighted by Gasteiger charge is 2.07. The first-order valence-corrected chi connectivity index (χ1v) is 3.84. The molecule has 0 aromatic carbocycles. The molecule has 2 rings (SSSR count). The molecule has 0 saturated heterocycles. The third-order valence-corrected chi connectivity index (χ3v) is 1.69. The predicted octanol–water partition coefficient (Wildman–Crippen LogP) is 0.699. The number of rotatable bonds is 2. The summed E-state index contributed by atoms with van der Waals surface area (Å²) in [6.45, 7) is 0. The molecule has 1 N–H and O–H groups in total. The van der Waals surface area contributed by atoms with Crippen molar-refractivity contribution in [1.82, 2.24) is 19.6 Å². The van der Waals surface area contributed by atoms with Crippen LogP contribution in [0.4, 0.5) is 5.95 Å². The summed E-state index contributed by atoms with van der Waals surface area (Å²) in [6, 6.07) is 0. The van der Waals surface area contributed by atoms with Crippen LogP contribution in [0.15, 0.2) is 12.5 Å². The molecule has 68 valence electrons. The minimum atomic E-state index is 0.313. The van der Waals surface area contributed by atoms with Crippen LogP contribution in [0, 0.1) is 0 Å². The maximum absolute atomic E-state index is 5.34. The van der Waals surface area contributed by atoms with Gasteiger partial charge in [-0.3, -0.25) is 4.84 Å². The van der Waals surface area contributed by atoms with E-state index in [4.69, 9.17) is 16.5 Å². The van der Waals surface area contributed by atoms with Crippen LogP contribution in [0.5, 0.6) is 5.75 Å². The number of hydrogen-bond acceptors (Lipinski definition) is 5. The topological polar surface area (TPSA) is 64.3 Å². The fourth-order valence-electron chi connectivity index (χ4n) is 0.978. The number of nitrogens with one attached hydrogen (secondary N) is 1. The van der Waals surface area contributed by atoms with Gasteiger partial charge in [-0.15, -0.1) is 5.10 Å². The number of methoxy groups -OCH3 is 1. The molecule has 2 aromatic rings. The molecular formula is C6H6ClN5O. The van der Waals surface area contributed by atoms with Gasteiger partial charge in [0.2, 0.25) is 5.65 Å². The van der Waals surface area contributed by atoms with Crippen LogP contribution in [0.25, 0.3) is 5.65 Å². The molecule has 0 aliphatic rings. The fraction of sp³-hybridized carbons (Fsp3) is 0.167. The molecule has 0 radical (unpaired) electrons. The summed E-state index contributed by atoms with van der Waals surface area (Å²) in [5.74, 6) is 0.862. The Labute approximate surface area is 78.6 Å². The fourth-order valence-corrected chi connectivity index (χ4v) is 1.06. The Morgan fingerprint density at radius 2 is 2.46 bits per heavy atom. The standard InChI is InChI=1S/C6H6ClN5O/c1-13-4-2-8-3-12-5(4)9-6(10-7)11-12/h2-3H,1H3,(H,10,11). The normalized spacial score (nSPS) is 10.3. The molecule has 6 nitrogen and oxygen atoms in total. The molecule has 0 spiro atoms. The zero-order valence-electron chi connectivity index (χ0n) is 6.73. The van der Waals surface area contributed by atoms with Crippen molar-refractivity contribution in [2.75, 3.05) is 11.9 Å². The Morgan fingerprint density at radius 1 is 1.62 bits per heavy atom. The molecule has 0 unspecified atom stereocenters. The van der Waals surface area contributed by atoms with E-state index in [1.807, 2.05) is 0 Å². The van der Waals surface area contributed by atoms with Crippen molar-refractivity contribution in [3.63, 3.8) is 0 Å².